The monoisotopic (exact) mass is 681 g/mol. The molecule has 0 bridgehead atoms. The van der Waals surface area contributed by atoms with Gasteiger partial charge in [0, 0.05) is 13.0 Å². The first kappa shape index (κ1) is 35.5. The molecule has 0 spiro atoms. The van der Waals surface area contributed by atoms with E-state index in [0.29, 0.717) is 18.8 Å². The van der Waals surface area contributed by atoms with E-state index in [9.17, 15) is 23.4 Å². The highest BCUT2D eigenvalue weighted by Crippen LogP contribution is 2.68. The molecular formula is C39H55NO7S. The lowest BCUT2D eigenvalue weighted by Crippen LogP contribution is -2.62. The number of fused-ring (bicyclic) bond motifs is 5. The normalized spacial score (nSPS) is 36.9. The second-order valence-electron chi connectivity index (χ2n) is 16.0. The molecule has 264 valence electrons. The van der Waals surface area contributed by atoms with E-state index in [2.05, 4.69) is 74.6 Å². The molecule has 9 heteroatoms. The Hall–Kier alpha value is -2.30. The van der Waals surface area contributed by atoms with Crippen molar-refractivity contribution in [2.24, 2.45) is 46.3 Å². The number of carbonyl (C=O) groups is 1. The van der Waals surface area contributed by atoms with E-state index in [-0.39, 0.29) is 71.5 Å². The van der Waals surface area contributed by atoms with Crippen LogP contribution in [0.1, 0.15) is 95.8 Å². The Balaban J connectivity index is 1.12. The van der Waals surface area contributed by atoms with Crippen LogP contribution in [-0.4, -0.2) is 59.7 Å². The van der Waals surface area contributed by atoms with E-state index in [4.69, 9.17) is 9.29 Å². The van der Waals surface area contributed by atoms with Crippen molar-refractivity contribution in [2.75, 3.05) is 12.3 Å². The van der Waals surface area contributed by atoms with Crippen molar-refractivity contribution in [3.05, 3.63) is 71.8 Å². The molecule has 0 saturated heterocycles. The van der Waals surface area contributed by atoms with Crippen LogP contribution in [0.5, 0.6) is 0 Å². The van der Waals surface area contributed by atoms with Gasteiger partial charge in [-0.3, -0.25) is 9.35 Å². The van der Waals surface area contributed by atoms with Crippen LogP contribution < -0.4 is 5.32 Å². The molecule has 1 amide bonds. The zero-order chi connectivity index (χ0) is 34.3. The van der Waals surface area contributed by atoms with Crippen LogP contribution in [0.25, 0.3) is 0 Å². The fourth-order valence-electron chi connectivity index (χ4n) is 11.0. The number of benzene rings is 2. The van der Waals surface area contributed by atoms with Crippen LogP contribution in [0.2, 0.25) is 0 Å². The molecule has 6 rings (SSSR count). The Labute approximate surface area is 286 Å². The third-order valence-electron chi connectivity index (χ3n) is 13.5. The van der Waals surface area contributed by atoms with E-state index in [1.165, 1.54) is 0 Å². The minimum Gasteiger partial charge on any atom is -0.393 e. The van der Waals surface area contributed by atoms with E-state index < -0.39 is 28.1 Å². The molecule has 0 aromatic heterocycles. The van der Waals surface area contributed by atoms with Crippen molar-refractivity contribution in [2.45, 2.75) is 103 Å². The number of carbonyl (C=O) groups excluding carboxylic acids is 1. The maximum absolute atomic E-state index is 12.4. The third-order valence-corrected chi connectivity index (χ3v) is 14.3. The molecule has 4 saturated carbocycles. The highest BCUT2D eigenvalue weighted by atomic mass is 32.2. The molecule has 0 heterocycles. The Morgan fingerprint density at radius 2 is 1.58 bits per heavy atom. The van der Waals surface area contributed by atoms with E-state index in [1.54, 1.807) is 0 Å². The summed E-state index contributed by atoms with van der Waals surface area (Å²) in [6, 6.07) is 20.9. The van der Waals surface area contributed by atoms with Gasteiger partial charge in [0.2, 0.25) is 5.91 Å². The van der Waals surface area contributed by atoms with E-state index >= 15 is 0 Å². The van der Waals surface area contributed by atoms with Crippen LogP contribution >= 0.6 is 0 Å². The van der Waals surface area contributed by atoms with Crippen molar-refractivity contribution in [3.8, 4) is 0 Å². The van der Waals surface area contributed by atoms with Crippen molar-refractivity contribution in [1.82, 2.24) is 5.32 Å². The van der Waals surface area contributed by atoms with Gasteiger partial charge in [-0.25, -0.2) is 0 Å². The van der Waals surface area contributed by atoms with Gasteiger partial charge in [-0.05, 0) is 109 Å². The maximum Gasteiger partial charge on any atom is 0.266 e. The summed E-state index contributed by atoms with van der Waals surface area (Å²) in [5.41, 5.74) is 2.01. The first-order valence-electron chi connectivity index (χ1n) is 18.1. The van der Waals surface area contributed by atoms with Crippen molar-refractivity contribution in [3.63, 3.8) is 0 Å². The highest BCUT2D eigenvalue weighted by molar-refractivity contribution is 7.85. The number of hydrogen-bond acceptors (Lipinski definition) is 6. The van der Waals surface area contributed by atoms with Gasteiger partial charge in [-0.1, -0.05) is 81.4 Å². The van der Waals surface area contributed by atoms with Crippen molar-refractivity contribution < 1.29 is 32.7 Å². The third kappa shape index (κ3) is 7.00. The number of amides is 1. The van der Waals surface area contributed by atoms with Gasteiger partial charge >= 0.3 is 0 Å². The maximum atomic E-state index is 12.4. The molecule has 48 heavy (non-hydrogen) atoms. The first-order chi connectivity index (χ1) is 22.8. The molecule has 0 radical (unpaired) electrons. The lowest BCUT2D eigenvalue weighted by atomic mass is 9.43. The quantitative estimate of drug-likeness (QED) is 0.208. The summed E-state index contributed by atoms with van der Waals surface area (Å²) in [7, 11) is -4.12. The highest BCUT2D eigenvalue weighted by Gasteiger charge is 2.65. The molecule has 11 atom stereocenters. The van der Waals surface area contributed by atoms with Gasteiger partial charge in [0.05, 0.1) is 24.1 Å². The topological polar surface area (TPSA) is 133 Å². The molecular weight excluding hydrogens is 626 g/mol. The number of ether oxygens (including phenoxy) is 1. The van der Waals surface area contributed by atoms with Crippen LogP contribution in [0.4, 0.5) is 0 Å². The summed E-state index contributed by atoms with van der Waals surface area (Å²) in [6.45, 7) is 6.71. The number of aliphatic hydroxyl groups is 2. The average molecular weight is 682 g/mol. The number of aliphatic hydroxyl groups excluding tert-OH is 2. The van der Waals surface area contributed by atoms with Gasteiger partial charge < -0.3 is 20.3 Å². The van der Waals surface area contributed by atoms with Gasteiger partial charge in [0.15, 0.2) is 0 Å². The lowest BCUT2D eigenvalue weighted by molar-refractivity contribution is -0.210. The van der Waals surface area contributed by atoms with Gasteiger partial charge in [0.25, 0.3) is 10.1 Å². The largest absolute Gasteiger partial charge is 0.393 e. The summed E-state index contributed by atoms with van der Waals surface area (Å²) >= 11 is 0. The Morgan fingerprint density at radius 1 is 0.938 bits per heavy atom. The summed E-state index contributed by atoms with van der Waals surface area (Å²) in [5, 5.41) is 26.5. The Bertz CT molecular complexity index is 1470. The summed E-state index contributed by atoms with van der Waals surface area (Å²) in [4.78, 5) is 12.4. The summed E-state index contributed by atoms with van der Waals surface area (Å²) in [6.07, 6.45) is 6.30. The molecule has 4 N–H and O–H groups in total. The Morgan fingerprint density at radius 3 is 2.21 bits per heavy atom. The smallest absolute Gasteiger partial charge is 0.266 e. The standard InChI is InChI=1S/C39H55NO7S/c1-25(14-17-35(43)40-20-21-48(44,45)46)30-15-16-31-36-32(24-34(42)39(30,31)3)38(2)19-18-29(22-28(38)23-33(36)41)47-37(26-10-6-4-7-11-26)27-12-8-5-9-13-27/h4-13,25,28-34,36-37,41-42H,14-24H2,1-3H3,(H,40,43)(H,44,45,46)/t25-,28+,29-,30-,31+,32+,33-,34+,36+,38+,39-/m1/s1. The van der Waals surface area contributed by atoms with Gasteiger partial charge in [0.1, 0.15) is 6.10 Å². The molecule has 4 aliphatic carbocycles. The zero-order valence-corrected chi connectivity index (χ0v) is 29.5. The number of nitrogens with one attached hydrogen (secondary N) is 1. The molecule has 8 nitrogen and oxygen atoms in total. The predicted molar refractivity (Wildman–Crippen MR) is 185 cm³/mol. The van der Waals surface area contributed by atoms with E-state index in [0.717, 1.165) is 49.7 Å². The Kier molecular flexibility index (Phi) is 10.5. The molecule has 0 aliphatic heterocycles. The number of rotatable bonds is 11. The summed E-state index contributed by atoms with van der Waals surface area (Å²) < 4.78 is 37.9. The molecule has 2 aromatic carbocycles. The summed E-state index contributed by atoms with van der Waals surface area (Å²) in [5.74, 6) is 0.659. The predicted octanol–water partition coefficient (Wildman–Crippen LogP) is 6.18. The second kappa shape index (κ2) is 14.1. The van der Waals surface area contributed by atoms with E-state index in [1.807, 2.05) is 12.1 Å². The molecule has 2 aromatic rings. The lowest BCUT2D eigenvalue weighted by Gasteiger charge is -2.63. The minimum atomic E-state index is -4.12. The average Bonchev–Trinajstić information content (AvgIpc) is 3.42. The SMILES string of the molecule is C[C@H](CCC(=O)NCCS(=O)(=O)O)[C@H]1CC[C@H]2[C@@H]3[C@H](O)C[C@@H]4C[C@H](OC(c5ccccc5)c5ccccc5)CC[C@]4(C)[C@H]3C[C@H](O)[C@]12C. The van der Waals surface area contributed by atoms with Crippen LogP contribution in [0.3, 0.4) is 0 Å². The van der Waals surface area contributed by atoms with Crippen LogP contribution in [0.15, 0.2) is 60.7 Å². The zero-order valence-electron chi connectivity index (χ0n) is 28.7. The second-order valence-corrected chi connectivity index (χ2v) is 17.6. The number of hydrogen-bond donors (Lipinski definition) is 4. The fourth-order valence-corrected chi connectivity index (χ4v) is 11.4. The minimum absolute atomic E-state index is 0.0326. The van der Waals surface area contributed by atoms with Crippen LogP contribution in [0, 0.1) is 46.3 Å². The van der Waals surface area contributed by atoms with Gasteiger partial charge in [-0.2, -0.15) is 8.42 Å². The molecule has 0 unspecified atom stereocenters. The molecule has 4 aliphatic rings. The van der Waals surface area contributed by atoms with Gasteiger partial charge in [-0.15, -0.1) is 0 Å². The fraction of sp³-hybridized carbons (Fsp3) is 0.667. The van der Waals surface area contributed by atoms with Crippen molar-refractivity contribution in [1.29, 1.82) is 0 Å². The molecule has 4 fully saturated rings. The van der Waals surface area contributed by atoms with Crippen molar-refractivity contribution >= 4 is 16.0 Å². The first-order valence-corrected chi connectivity index (χ1v) is 19.8. The van der Waals surface area contributed by atoms with Crippen LogP contribution in [-0.2, 0) is 19.6 Å².